The minimum absolute atomic E-state index is 0.00899. The van der Waals surface area contributed by atoms with Gasteiger partial charge in [-0.25, -0.2) is 0 Å². The average molecular weight is 367 g/mol. The van der Waals surface area contributed by atoms with Crippen molar-refractivity contribution in [3.05, 3.63) is 28.4 Å². The van der Waals surface area contributed by atoms with Crippen molar-refractivity contribution in [2.45, 2.75) is 0 Å². The maximum absolute atomic E-state index is 12.5. The first-order chi connectivity index (χ1) is 10.6. The first kappa shape index (κ1) is 15.5. The van der Waals surface area contributed by atoms with Crippen LogP contribution in [0.25, 0.3) is 11.0 Å². The number of ether oxygens (including phenoxy) is 1. The van der Waals surface area contributed by atoms with Gasteiger partial charge in [-0.2, -0.15) is 0 Å². The van der Waals surface area contributed by atoms with Gasteiger partial charge in [-0.3, -0.25) is 9.69 Å². The summed E-state index contributed by atoms with van der Waals surface area (Å²) in [4.78, 5) is 16.9. The molecule has 0 N–H and O–H groups in total. The van der Waals surface area contributed by atoms with E-state index in [1.165, 1.54) is 0 Å². The summed E-state index contributed by atoms with van der Waals surface area (Å²) in [6, 6.07) is 5.51. The highest BCUT2D eigenvalue weighted by Gasteiger charge is 2.21. The second-order valence-corrected chi connectivity index (χ2v) is 6.46. The number of halogens is 1. The number of likely N-dealkylation sites (N-methyl/N-ethyl adjacent to an activating group) is 1. The lowest BCUT2D eigenvalue weighted by molar-refractivity contribution is 0.0852. The number of nitrogens with zero attached hydrogens (tertiary/aromatic N) is 2. The van der Waals surface area contributed by atoms with Crippen LogP contribution in [0.2, 0.25) is 0 Å². The highest BCUT2D eigenvalue weighted by atomic mass is 79.9. The molecular weight excluding hydrogens is 348 g/mol. The number of hydrogen-bond donors (Lipinski definition) is 0. The van der Waals surface area contributed by atoms with Gasteiger partial charge in [0.15, 0.2) is 17.1 Å². The predicted octanol–water partition coefficient (Wildman–Crippen LogP) is 2.63. The minimum atomic E-state index is 0.00899. The molecule has 1 aromatic heterocycles. The Bertz CT molecular complexity index is 690. The van der Waals surface area contributed by atoms with Crippen LogP contribution in [0.4, 0.5) is 0 Å². The van der Waals surface area contributed by atoms with Crippen molar-refractivity contribution < 1.29 is 13.9 Å². The molecule has 0 atom stereocenters. The second-order valence-electron chi connectivity index (χ2n) is 5.61. The number of carbonyl (C=O) groups is 1. The molecular formula is C16H19BrN2O3. The maximum Gasteiger partial charge on any atom is 0.211 e. The summed E-state index contributed by atoms with van der Waals surface area (Å²) in [6.07, 6.45) is 0. The minimum Gasteiger partial charge on any atom is -0.493 e. The van der Waals surface area contributed by atoms with Gasteiger partial charge in [0.1, 0.15) is 0 Å². The van der Waals surface area contributed by atoms with Crippen molar-refractivity contribution in [3.8, 4) is 5.75 Å². The molecule has 118 valence electrons. The molecule has 2 heterocycles. The molecule has 1 aromatic carbocycles. The van der Waals surface area contributed by atoms with E-state index < -0.39 is 0 Å². The number of furan rings is 1. The summed E-state index contributed by atoms with van der Waals surface area (Å²) in [5.74, 6) is 1.03. The molecule has 2 aromatic rings. The zero-order chi connectivity index (χ0) is 15.7. The van der Waals surface area contributed by atoms with Crippen LogP contribution in [-0.2, 0) is 0 Å². The number of fused-ring (bicyclic) bond motifs is 1. The van der Waals surface area contributed by atoms with Gasteiger partial charge in [0.05, 0.1) is 13.7 Å². The number of Topliss-reactive ketones (excluding diaryl/α,β-unsaturated/α-hetero) is 1. The molecule has 6 heteroatoms. The Balaban J connectivity index is 1.81. The van der Waals surface area contributed by atoms with Gasteiger partial charge in [-0.15, -0.1) is 0 Å². The molecule has 1 aliphatic rings. The quantitative estimate of drug-likeness (QED) is 0.778. The van der Waals surface area contributed by atoms with Crippen LogP contribution >= 0.6 is 15.9 Å². The van der Waals surface area contributed by atoms with E-state index in [9.17, 15) is 4.79 Å². The standard InChI is InChI=1S/C16H19BrN2O3/c1-18-5-7-19(8-6-18)10-13(20)15-9-11-12(17)3-4-14(21-2)16(11)22-15/h3-4,9H,5-8,10H2,1-2H3. The van der Waals surface area contributed by atoms with E-state index in [2.05, 4.69) is 32.8 Å². The van der Waals surface area contributed by atoms with Gasteiger partial charge >= 0.3 is 0 Å². The van der Waals surface area contributed by atoms with Gasteiger partial charge in [0.2, 0.25) is 5.78 Å². The summed E-state index contributed by atoms with van der Waals surface area (Å²) >= 11 is 3.48. The molecule has 0 spiro atoms. The molecule has 0 amide bonds. The number of hydrogen-bond acceptors (Lipinski definition) is 5. The van der Waals surface area contributed by atoms with Gasteiger partial charge in [0, 0.05) is 36.0 Å². The Morgan fingerprint density at radius 3 is 2.73 bits per heavy atom. The van der Waals surface area contributed by atoms with Crippen LogP contribution in [-0.4, -0.2) is 62.5 Å². The van der Waals surface area contributed by atoms with E-state index in [0.717, 1.165) is 36.0 Å². The Kier molecular flexibility index (Phi) is 4.52. The molecule has 1 saturated heterocycles. The van der Waals surface area contributed by atoms with Crippen molar-refractivity contribution in [3.63, 3.8) is 0 Å². The molecule has 0 radical (unpaired) electrons. The average Bonchev–Trinajstić information content (AvgIpc) is 2.96. The zero-order valence-electron chi connectivity index (χ0n) is 12.8. The zero-order valence-corrected chi connectivity index (χ0v) is 14.4. The lowest BCUT2D eigenvalue weighted by Crippen LogP contribution is -2.46. The Morgan fingerprint density at radius 1 is 1.32 bits per heavy atom. The molecule has 0 saturated carbocycles. The summed E-state index contributed by atoms with van der Waals surface area (Å²) in [7, 11) is 3.69. The van der Waals surface area contributed by atoms with Crippen LogP contribution in [0.15, 0.2) is 27.1 Å². The highest BCUT2D eigenvalue weighted by molar-refractivity contribution is 9.10. The SMILES string of the molecule is COc1ccc(Br)c2cc(C(=O)CN3CCN(C)CC3)oc12. The number of benzene rings is 1. The van der Waals surface area contributed by atoms with Crippen LogP contribution < -0.4 is 4.74 Å². The number of methoxy groups -OCH3 is 1. The third-order valence-electron chi connectivity index (χ3n) is 4.05. The van der Waals surface area contributed by atoms with E-state index in [0.29, 0.717) is 23.6 Å². The highest BCUT2D eigenvalue weighted by Crippen LogP contribution is 2.34. The molecule has 5 nitrogen and oxygen atoms in total. The lowest BCUT2D eigenvalue weighted by Gasteiger charge is -2.31. The van der Waals surface area contributed by atoms with E-state index in [1.807, 2.05) is 12.1 Å². The van der Waals surface area contributed by atoms with Crippen LogP contribution in [0.1, 0.15) is 10.6 Å². The Hall–Kier alpha value is -1.37. The Labute approximate surface area is 137 Å². The molecule has 0 bridgehead atoms. The largest absolute Gasteiger partial charge is 0.493 e. The molecule has 0 unspecified atom stereocenters. The fourth-order valence-corrected chi connectivity index (χ4v) is 3.08. The first-order valence-corrected chi connectivity index (χ1v) is 8.08. The lowest BCUT2D eigenvalue weighted by atomic mass is 10.2. The van der Waals surface area contributed by atoms with Crippen LogP contribution in [0.5, 0.6) is 5.75 Å². The van der Waals surface area contributed by atoms with Crippen molar-refractivity contribution in [1.82, 2.24) is 9.80 Å². The monoisotopic (exact) mass is 366 g/mol. The third-order valence-corrected chi connectivity index (χ3v) is 4.74. The fraction of sp³-hybridized carbons (Fsp3) is 0.438. The number of ketones is 1. The number of rotatable bonds is 4. The smallest absolute Gasteiger partial charge is 0.211 e. The van der Waals surface area contributed by atoms with E-state index in [-0.39, 0.29) is 5.78 Å². The molecule has 1 fully saturated rings. The van der Waals surface area contributed by atoms with Crippen molar-refractivity contribution >= 4 is 32.7 Å². The van der Waals surface area contributed by atoms with Crippen LogP contribution in [0, 0.1) is 0 Å². The normalized spacial score (nSPS) is 17.0. The van der Waals surface area contributed by atoms with Crippen molar-refractivity contribution in [2.24, 2.45) is 0 Å². The van der Waals surface area contributed by atoms with Gasteiger partial charge < -0.3 is 14.1 Å². The number of piperazine rings is 1. The number of carbonyl (C=O) groups excluding carboxylic acids is 1. The second kappa shape index (κ2) is 6.40. The van der Waals surface area contributed by atoms with Crippen LogP contribution in [0.3, 0.4) is 0 Å². The molecule has 1 aliphatic heterocycles. The Morgan fingerprint density at radius 2 is 2.05 bits per heavy atom. The van der Waals surface area contributed by atoms with Gasteiger partial charge in [0.25, 0.3) is 0 Å². The van der Waals surface area contributed by atoms with E-state index in [4.69, 9.17) is 9.15 Å². The van der Waals surface area contributed by atoms with Gasteiger partial charge in [-0.1, -0.05) is 15.9 Å². The summed E-state index contributed by atoms with van der Waals surface area (Å²) < 4.78 is 11.9. The summed E-state index contributed by atoms with van der Waals surface area (Å²) in [6.45, 7) is 4.21. The third kappa shape index (κ3) is 3.04. The topological polar surface area (TPSA) is 45.9 Å². The fourth-order valence-electron chi connectivity index (χ4n) is 2.65. The van der Waals surface area contributed by atoms with E-state index in [1.54, 1.807) is 13.2 Å². The van der Waals surface area contributed by atoms with Crippen molar-refractivity contribution in [1.29, 1.82) is 0 Å². The molecule has 0 aliphatic carbocycles. The summed E-state index contributed by atoms with van der Waals surface area (Å²) in [5, 5.41) is 0.862. The maximum atomic E-state index is 12.5. The van der Waals surface area contributed by atoms with Crippen molar-refractivity contribution in [2.75, 3.05) is 46.9 Å². The summed E-state index contributed by atoms with van der Waals surface area (Å²) in [5.41, 5.74) is 0.610. The predicted molar refractivity (Wildman–Crippen MR) is 88.7 cm³/mol. The molecule has 3 rings (SSSR count). The van der Waals surface area contributed by atoms with E-state index >= 15 is 0 Å². The molecule has 22 heavy (non-hydrogen) atoms. The van der Waals surface area contributed by atoms with Gasteiger partial charge in [-0.05, 0) is 25.2 Å². The first-order valence-electron chi connectivity index (χ1n) is 7.28.